The topological polar surface area (TPSA) is 16.8 Å². The number of nitrogens with zero attached hydrogens (tertiary/aromatic N) is 2. The third-order valence-electron chi connectivity index (χ3n) is 5.19. The van der Waals surface area contributed by atoms with E-state index in [9.17, 15) is 0 Å². The summed E-state index contributed by atoms with van der Waals surface area (Å²) < 4.78 is 2.22. The Labute approximate surface area is 206 Å². The largest absolute Gasteiger partial charge is 1.00 e. The minimum atomic E-state index is 0. The highest BCUT2D eigenvalue weighted by Crippen LogP contribution is 2.17. The summed E-state index contributed by atoms with van der Waals surface area (Å²) in [5.74, 6) is 1.32. The molecule has 32 heavy (non-hydrogen) atoms. The molecule has 0 radical (unpaired) electrons. The second kappa shape index (κ2) is 20.7. The molecule has 2 atom stereocenters. The molecule has 3 heteroatoms. The molecule has 3 rings (SSSR count). The SMILES string of the molecule is C.C.C.C.CCC(C)c1cc[n+](Cc2ccccc2)cc1.CCC(C)c1ccncc1.[Cl-]. The lowest BCUT2D eigenvalue weighted by Crippen LogP contribution is -3.00. The summed E-state index contributed by atoms with van der Waals surface area (Å²) in [6, 6.07) is 19.2. The van der Waals surface area contributed by atoms with Gasteiger partial charge in [-0.25, -0.2) is 4.57 Å². The molecule has 0 aliphatic heterocycles. The molecule has 0 saturated heterocycles. The Morgan fingerprint density at radius 3 is 1.56 bits per heavy atom. The predicted molar refractivity (Wildman–Crippen MR) is 141 cm³/mol. The van der Waals surface area contributed by atoms with Crippen LogP contribution in [0.25, 0.3) is 0 Å². The fourth-order valence-electron chi connectivity index (χ4n) is 2.86. The van der Waals surface area contributed by atoms with Gasteiger partial charge in [0.05, 0.1) is 0 Å². The summed E-state index contributed by atoms with van der Waals surface area (Å²) in [4.78, 5) is 3.96. The third-order valence-corrected chi connectivity index (χ3v) is 5.19. The Morgan fingerprint density at radius 2 is 1.12 bits per heavy atom. The van der Waals surface area contributed by atoms with Crippen LogP contribution in [0.1, 0.15) is 98.8 Å². The molecule has 0 aliphatic carbocycles. The van der Waals surface area contributed by atoms with Crippen molar-refractivity contribution in [1.82, 2.24) is 4.98 Å². The Balaban J connectivity index is -0.000000232. The van der Waals surface area contributed by atoms with Crippen LogP contribution in [-0.4, -0.2) is 4.98 Å². The molecule has 2 aromatic heterocycles. The fourth-order valence-corrected chi connectivity index (χ4v) is 2.86. The van der Waals surface area contributed by atoms with Gasteiger partial charge in [0.2, 0.25) is 0 Å². The minimum Gasteiger partial charge on any atom is -1.00 e. The molecule has 0 bridgehead atoms. The van der Waals surface area contributed by atoms with E-state index < -0.39 is 0 Å². The first kappa shape index (κ1) is 37.1. The molecule has 2 heterocycles. The van der Waals surface area contributed by atoms with E-state index >= 15 is 0 Å². The van der Waals surface area contributed by atoms with E-state index in [-0.39, 0.29) is 42.1 Å². The van der Waals surface area contributed by atoms with Crippen LogP contribution in [-0.2, 0) is 6.54 Å². The molecule has 1 aromatic carbocycles. The van der Waals surface area contributed by atoms with Crippen molar-refractivity contribution in [2.24, 2.45) is 0 Å². The Bertz CT molecular complexity index is 758. The molecule has 0 saturated carbocycles. The van der Waals surface area contributed by atoms with E-state index in [0.29, 0.717) is 11.8 Å². The first-order valence-corrected chi connectivity index (χ1v) is 10.1. The van der Waals surface area contributed by atoms with Crippen molar-refractivity contribution >= 4 is 0 Å². The van der Waals surface area contributed by atoms with Crippen LogP contribution >= 0.6 is 0 Å². The molecule has 2 unspecified atom stereocenters. The highest BCUT2D eigenvalue weighted by molar-refractivity contribution is 5.15. The number of rotatable bonds is 6. The normalized spacial score (nSPS) is 10.6. The molecule has 0 amide bonds. The molecule has 0 fully saturated rings. The zero-order valence-corrected chi connectivity index (χ0v) is 18.3. The van der Waals surface area contributed by atoms with E-state index in [1.165, 1.54) is 29.5 Å². The quantitative estimate of drug-likeness (QED) is 0.432. The summed E-state index contributed by atoms with van der Waals surface area (Å²) in [5.41, 5.74) is 4.16. The van der Waals surface area contributed by atoms with Crippen LogP contribution in [0.5, 0.6) is 0 Å². The van der Waals surface area contributed by atoms with Crippen molar-refractivity contribution in [1.29, 1.82) is 0 Å². The highest BCUT2D eigenvalue weighted by atomic mass is 35.5. The Kier molecular flexibility index (Phi) is 24.0. The van der Waals surface area contributed by atoms with Crippen LogP contribution in [0.2, 0.25) is 0 Å². The van der Waals surface area contributed by atoms with Crippen LogP contribution < -0.4 is 17.0 Å². The van der Waals surface area contributed by atoms with Gasteiger partial charge in [-0.1, -0.05) is 87.7 Å². The van der Waals surface area contributed by atoms with Gasteiger partial charge in [0.15, 0.2) is 18.9 Å². The second-order valence-electron chi connectivity index (χ2n) is 7.19. The number of hydrogen-bond donors (Lipinski definition) is 0. The van der Waals surface area contributed by atoms with Gasteiger partial charge in [-0.3, -0.25) is 4.98 Å². The lowest BCUT2D eigenvalue weighted by molar-refractivity contribution is -0.688. The smallest absolute Gasteiger partial charge is 0.173 e. The first-order chi connectivity index (χ1) is 13.1. The predicted octanol–water partition coefficient (Wildman–Crippen LogP) is 5.68. The van der Waals surface area contributed by atoms with Gasteiger partial charge in [0.1, 0.15) is 0 Å². The van der Waals surface area contributed by atoms with Crippen LogP contribution in [0.15, 0.2) is 79.4 Å². The van der Waals surface area contributed by atoms with E-state index in [1.807, 2.05) is 12.4 Å². The third kappa shape index (κ3) is 12.6. The summed E-state index contributed by atoms with van der Waals surface area (Å²) in [6.45, 7) is 9.88. The summed E-state index contributed by atoms with van der Waals surface area (Å²) in [7, 11) is 0. The van der Waals surface area contributed by atoms with Gasteiger partial charge in [-0.15, -0.1) is 0 Å². The number of pyridine rings is 2. The molecule has 0 N–H and O–H groups in total. The van der Waals surface area contributed by atoms with Crippen molar-refractivity contribution in [3.63, 3.8) is 0 Å². The van der Waals surface area contributed by atoms with Gasteiger partial charge < -0.3 is 12.4 Å². The number of aromatic nitrogens is 2. The monoisotopic (exact) mass is 460 g/mol. The average molecular weight is 461 g/mol. The zero-order valence-electron chi connectivity index (χ0n) is 17.6. The van der Waals surface area contributed by atoms with Crippen molar-refractivity contribution in [3.8, 4) is 0 Å². The molecule has 182 valence electrons. The van der Waals surface area contributed by atoms with Gasteiger partial charge in [0.25, 0.3) is 0 Å². The summed E-state index contributed by atoms with van der Waals surface area (Å²) in [5, 5.41) is 0. The van der Waals surface area contributed by atoms with Crippen LogP contribution in [0.4, 0.5) is 0 Å². The maximum absolute atomic E-state index is 3.96. The van der Waals surface area contributed by atoms with E-state index in [0.717, 1.165) is 6.54 Å². The molecule has 2 nitrogen and oxygen atoms in total. The van der Waals surface area contributed by atoms with Crippen molar-refractivity contribution in [2.75, 3.05) is 0 Å². The average Bonchev–Trinajstić information content (AvgIpc) is 2.75. The minimum absolute atomic E-state index is 0. The lowest BCUT2D eigenvalue weighted by atomic mass is 10.0. The summed E-state index contributed by atoms with van der Waals surface area (Å²) in [6.07, 6.45) is 10.4. The van der Waals surface area contributed by atoms with Crippen molar-refractivity contribution in [3.05, 3.63) is 96.1 Å². The van der Waals surface area contributed by atoms with Gasteiger partial charge in [-0.2, -0.15) is 0 Å². The van der Waals surface area contributed by atoms with E-state index in [4.69, 9.17) is 0 Å². The molecular formula is C29H49ClN2. The van der Waals surface area contributed by atoms with Crippen LogP contribution in [0.3, 0.4) is 0 Å². The molecular weight excluding hydrogens is 412 g/mol. The number of halogens is 1. The lowest BCUT2D eigenvalue weighted by Gasteiger charge is -2.07. The maximum Gasteiger partial charge on any atom is 0.173 e. The molecule has 0 aliphatic rings. The van der Waals surface area contributed by atoms with E-state index in [2.05, 4.69) is 104 Å². The molecule has 3 aromatic rings. The van der Waals surface area contributed by atoms with Crippen molar-refractivity contribution < 1.29 is 17.0 Å². The standard InChI is InChI=1S/C16H20N.C9H13N.4CH4.ClH/c1-3-14(2)16-9-11-17(12-10-16)13-15-7-5-4-6-8-15;1-3-8(2)9-4-6-10-7-5-9;;;;;/h4-12,14H,3,13H2,1-2H3;4-8H,3H2,1-2H3;4*1H4;1H/q+1;;;;;;/p-1. The maximum atomic E-state index is 3.96. The Hall–Kier alpha value is -2.19. The first-order valence-electron chi connectivity index (χ1n) is 10.1. The second-order valence-corrected chi connectivity index (χ2v) is 7.19. The van der Waals surface area contributed by atoms with Gasteiger partial charge >= 0.3 is 0 Å². The van der Waals surface area contributed by atoms with Crippen LogP contribution in [0, 0.1) is 0 Å². The van der Waals surface area contributed by atoms with Gasteiger partial charge in [0, 0.05) is 30.1 Å². The Morgan fingerprint density at radius 1 is 0.688 bits per heavy atom. The van der Waals surface area contributed by atoms with Crippen molar-refractivity contribution in [2.45, 2.75) is 88.6 Å². The van der Waals surface area contributed by atoms with E-state index in [1.54, 1.807) is 0 Å². The molecule has 0 spiro atoms. The highest BCUT2D eigenvalue weighted by Gasteiger charge is 2.06. The number of hydrogen-bond acceptors (Lipinski definition) is 1. The fraction of sp³-hybridized carbons (Fsp3) is 0.448. The summed E-state index contributed by atoms with van der Waals surface area (Å²) >= 11 is 0. The number of benzene rings is 1. The van der Waals surface area contributed by atoms with Gasteiger partial charge in [-0.05, 0) is 47.9 Å². The zero-order chi connectivity index (χ0) is 19.5.